The molecule has 218 valence electrons. The van der Waals surface area contributed by atoms with Gasteiger partial charge < -0.3 is 20.4 Å². The number of hydrogen-bond acceptors (Lipinski definition) is 5. The third kappa shape index (κ3) is 8.27. The van der Waals surface area contributed by atoms with E-state index in [0.717, 1.165) is 9.99 Å². The number of rotatable bonds is 8. The van der Waals surface area contributed by atoms with Crippen LogP contribution in [0.4, 0.5) is 20.6 Å². The number of hydrogen-bond donors (Lipinski definition) is 2. The number of anilines is 2. The van der Waals surface area contributed by atoms with Crippen LogP contribution in [0.3, 0.4) is 0 Å². The first-order valence-electron chi connectivity index (χ1n) is 13.4. The van der Waals surface area contributed by atoms with Crippen molar-refractivity contribution in [3.05, 3.63) is 90.2 Å². The van der Waals surface area contributed by atoms with E-state index in [1.165, 1.54) is 36.4 Å². The van der Waals surface area contributed by atoms with Crippen molar-refractivity contribution in [2.24, 2.45) is 0 Å². The van der Waals surface area contributed by atoms with Gasteiger partial charge in [-0.1, -0.05) is 30.3 Å². The summed E-state index contributed by atoms with van der Waals surface area (Å²) in [6.07, 6.45) is 0. The van der Waals surface area contributed by atoms with Crippen molar-refractivity contribution in [1.29, 1.82) is 0 Å². The smallest absolute Gasteiger partial charge is 0.317 e. The number of benzene rings is 3. The van der Waals surface area contributed by atoms with Gasteiger partial charge in [-0.05, 0) is 74.9 Å². The lowest BCUT2D eigenvalue weighted by molar-refractivity contribution is -0.116. The van der Waals surface area contributed by atoms with Gasteiger partial charge in [0.05, 0.1) is 11.4 Å². The van der Waals surface area contributed by atoms with Gasteiger partial charge in [-0.2, -0.15) is 4.31 Å². The van der Waals surface area contributed by atoms with Crippen LogP contribution in [0, 0.1) is 5.82 Å². The van der Waals surface area contributed by atoms with Gasteiger partial charge in [-0.15, -0.1) is 0 Å². The van der Waals surface area contributed by atoms with E-state index < -0.39 is 28.3 Å². The molecule has 1 aliphatic rings. The van der Waals surface area contributed by atoms with Crippen LogP contribution in [-0.4, -0.2) is 67.8 Å². The van der Waals surface area contributed by atoms with Gasteiger partial charge in [0.25, 0.3) is 0 Å². The SMILES string of the molecule is CC(C)(C)NC(=O)N1CCN(c2ccc(NC(=O)CN(Cc3ccc(F)cc3)S(=O)(=O)c3ccccc3)cc2)CC1. The van der Waals surface area contributed by atoms with Crippen molar-refractivity contribution in [1.82, 2.24) is 14.5 Å². The highest BCUT2D eigenvalue weighted by Crippen LogP contribution is 2.22. The Balaban J connectivity index is 1.39. The molecule has 1 saturated heterocycles. The van der Waals surface area contributed by atoms with Crippen molar-refractivity contribution in [2.45, 2.75) is 37.8 Å². The van der Waals surface area contributed by atoms with Crippen molar-refractivity contribution in [3.63, 3.8) is 0 Å². The number of carbonyl (C=O) groups is 2. The van der Waals surface area contributed by atoms with Crippen LogP contribution >= 0.6 is 0 Å². The number of urea groups is 1. The van der Waals surface area contributed by atoms with E-state index in [2.05, 4.69) is 15.5 Å². The van der Waals surface area contributed by atoms with Crippen molar-refractivity contribution < 1.29 is 22.4 Å². The number of sulfonamides is 1. The summed E-state index contributed by atoms with van der Waals surface area (Å²) in [6.45, 7) is 7.89. The van der Waals surface area contributed by atoms with Crippen LogP contribution in [0.2, 0.25) is 0 Å². The molecule has 0 aliphatic carbocycles. The fourth-order valence-corrected chi connectivity index (χ4v) is 5.85. The molecule has 3 aromatic carbocycles. The fraction of sp³-hybridized carbons (Fsp3) is 0.333. The molecule has 0 unspecified atom stereocenters. The van der Waals surface area contributed by atoms with E-state index in [1.807, 2.05) is 32.9 Å². The number of halogens is 1. The molecule has 0 atom stereocenters. The Morgan fingerprint density at radius 2 is 1.49 bits per heavy atom. The summed E-state index contributed by atoms with van der Waals surface area (Å²) >= 11 is 0. The minimum absolute atomic E-state index is 0.0650. The van der Waals surface area contributed by atoms with Crippen LogP contribution < -0.4 is 15.5 Å². The van der Waals surface area contributed by atoms with Crippen LogP contribution in [-0.2, 0) is 21.4 Å². The predicted octanol–water partition coefficient (Wildman–Crippen LogP) is 4.29. The third-order valence-corrected chi connectivity index (χ3v) is 8.34. The zero-order chi connectivity index (χ0) is 29.6. The van der Waals surface area contributed by atoms with Gasteiger partial charge >= 0.3 is 6.03 Å². The summed E-state index contributed by atoms with van der Waals surface area (Å²) in [7, 11) is -4.00. The molecule has 3 aromatic rings. The summed E-state index contributed by atoms with van der Waals surface area (Å²) < 4.78 is 41.3. The van der Waals surface area contributed by atoms with Crippen LogP contribution in [0.5, 0.6) is 0 Å². The standard InChI is InChI=1S/C30H36FN5O4S/c1-30(2,3)33-29(38)35-19-17-34(18-20-35)26-15-13-25(14-16-26)32-28(37)22-36(21-23-9-11-24(31)12-10-23)41(39,40)27-7-5-4-6-8-27/h4-16H,17-22H2,1-3H3,(H,32,37)(H,33,38). The predicted molar refractivity (Wildman–Crippen MR) is 158 cm³/mol. The maximum Gasteiger partial charge on any atom is 0.317 e. The van der Waals surface area contributed by atoms with Gasteiger partial charge in [-0.25, -0.2) is 17.6 Å². The molecule has 41 heavy (non-hydrogen) atoms. The summed E-state index contributed by atoms with van der Waals surface area (Å²) in [4.78, 5) is 29.5. The molecule has 4 rings (SSSR count). The molecular formula is C30H36FN5O4S. The normalized spacial score (nSPS) is 14.2. The van der Waals surface area contributed by atoms with E-state index >= 15 is 0 Å². The lowest BCUT2D eigenvalue weighted by Crippen LogP contribution is -2.55. The monoisotopic (exact) mass is 581 g/mol. The topological polar surface area (TPSA) is 102 Å². The van der Waals surface area contributed by atoms with Crippen LogP contribution in [0.1, 0.15) is 26.3 Å². The van der Waals surface area contributed by atoms with E-state index in [0.29, 0.717) is 37.4 Å². The highest BCUT2D eigenvalue weighted by molar-refractivity contribution is 7.89. The van der Waals surface area contributed by atoms with Gasteiger partial charge in [-0.3, -0.25) is 4.79 Å². The van der Waals surface area contributed by atoms with Crippen LogP contribution in [0.25, 0.3) is 0 Å². The third-order valence-electron chi connectivity index (χ3n) is 6.54. The molecule has 1 aliphatic heterocycles. The van der Waals surface area contributed by atoms with E-state index in [-0.39, 0.29) is 23.0 Å². The number of amides is 3. The first-order valence-corrected chi connectivity index (χ1v) is 14.9. The molecule has 1 heterocycles. The van der Waals surface area contributed by atoms with E-state index in [1.54, 1.807) is 35.2 Å². The Bertz CT molecular complexity index is 1430. The largest absolute Gasteiger partial charge is 0.368 e. The second kappa shape index (κ2) is 12.7. The summed E-state index contributed by atoms with van der Waals surface area (Å²) in [5, 5.41) is 5.77. The minimum atomic E-state index is -4.00. The van der Waals surface area contributed by atoms with E-state index in [4.69, 9.17) is 0 Å². The Morgan fingerprint density at radius 1 is 0.878 bits per heavy atom. The average molecular weight is 582 g/mol. The second-order valence-electron chi connectivity index (χ2n) is 11.0. The molecule has 0 saturated carbocycles. The zero-order valence-corrected chi connectivity index (χ0v) is 24.3. The first kappa shape index (κ1) is 30.0. The van der Waals surface area contributed by atoms with Gasteiger partial charge in [0.1, 0.15) is 5.82 Å². The zero-order valence-electron chi connectivity index (χ0n) is 23.5. The molecule has 9 nitrogen and oxygen atoms in total. The number of piperazine rings is 1. The summed E-state index contributed by atoms with van der Waals surface area (Å²) in [5.74, 6) is -0.932. The fourth-order valence-electron chi connectivity index (χ4n) is 4.44. The van der Waals surface area contributed by atoms with E-state index in [9.17, 15) is 22.4 Å². The maximum absolute atomic E-state index is 13.4. The molecule has 11 heteroatoms. The number of nitrogens with zero attached hydrogens (tertiary/aromatic N) is 3. The lowest BCUT2D eigenvalue weighted by atomic mass is 10.1. The molecule has 1 fully saturated rings. The van der Waals surface area contributed by atoms with Crippen LogP contribution in [0.15, 0.2) is 83.8 Å². The van der Waals surface area contributed by atoms with Gasteiger partial charge in [0.2, 0.25) is 15.9 Å². The lowest BCUT2D eigenvalue weighted by Gasteiger charge is -2.37. The minimum Gasteiger partial charge on any atom is -0.368 e. The summed E-state index contributed by atoms with van der Waals surface area (Å²) in [5.41, 5.74) is 1.75. The number of carbonyl (C=O) groups excluding carboxylic acids is 2. The number of nitrogens with one attached hydrogen (secondary N) is 2. The first-order chi connectivity index (χ1) is 19.4. The second-order valence-corrected chi connectivity index (χ2v) is 12.9. The Morgan fingerprint density at radius 3 is 2.07 bits per heavy atom. The average Bonchev–Trinajstić information content (AvgIpc) is 2.94. The molecular weight excluding hydrogens is 545 g/mol. The molecule has 0 spiro atoms. The van der Waals surface area contributed by atoms with Crippen molar-refractivity contribution >= 4 is 33.3 Å². The van der Waals surface area contributed by atoms with Gasteiger partial charge in [0.15, 0.2) is 0 Å². The molecule has 0 radical (unpaired) electrons. The Hall–Kier alpha value is -3.96. The Labute approximate surface area is 241 Å². The Kier molecular flexibility index (Phi) is 9.29. The highest BCUT2D eigenvalue weighted by atomic mass is 32.2. The van der Waals surface area contributed by atoms with Gasteiger partial charge in [0, 0.05) is 49.6 Å². The molecule has 3 amide bonds. The molecule has 0 bridgehead atoms. The van der Waals surface area contributed by atoms with Crippen molar-refractivity contribution in [3.8, 4) is 0 Å². The highest BCUT2D eigenvalue weighted by Gasteiger charge is 2.27. The molecule has 0 aromatic heterocycles. The maximum atomic E-state index is 13.4. The quantitative estimate of drug-likeness (QED) is 0.414. The molecule has 2 N–H and O–H groups in total. The summed E-state index contributed by atoms with van der Waals surface area (Å²) in [6, 6.07) is 20.6. The van der Waals surface area contributed by atoms with Crippen molar-refractivity contribution in [2.75, 3.05) is 42.9 Å².